The summed E-state index contributed by atoms with van der Waals surface area (Å²) in [5, 5.41) is 8.15. The molecule has 106 valence electrons. The van der Waals surface area contributed by atoms with Gasteiger partial charge in [0.1, 0.15) is 23.1 Å². The monoisotopic (exact) mass is 292 g/mol. The lowest BCUT2D eigenvalue weighted by atomic mass is 10.2. The summed E-state index contributed by atoms with van der Waals surface area (Å²) in [7, 11) is 0. The summed E-state index contributed by atoms with van der Waals surface area (Å²) in [6.45, 7) is 3.18. The Hall–Kier alpha value is -2.15. The number of para-hydroxylation sites is 1. The average molecular weight is 292 g/mol. The Labute approximate surface area is 121 Å². The highest BCUT2D eigenvalue weighted by Crippen LogP contribution is 2.22. The van der Waals surface area contributed by atoms with Crippen LogP contribution in [0.5, 0.6) is 5.75 Å². The number of carbonyl (C=O) groups is 1. The SMILES string of the molecule is CCCNc1snnc1COc1ccccc1C(N)=O. The molecule has 0 saturated heterocycles. The first-order valence-electron chi connectivity index (χ1n) is 6.29. The number of ether oxygens (including phenoxy) is 1. The number of nitrogens with zero attached hydrogens (tertiary/aromatic N) is 2. The number of hydrogen-bond acceptors (Lipinski definition) is 6. The van der Waals surface area contributed by atoms with Crippen LogP contribution in [0.15, 0.2) is 24.3 Å². The maximum absolute atomic E-state index is 11.3. The van der Waals surface area contributed by atoms with Gasteiger partial charge in [0.05, 0.1) is 5.56 Å². The molecular formula is C13H16N4O2S. The van der Waals surface area contributed by atoms with Crippen molar-refractivity contribution in [3.63, 3.8) is 0 Å². The minimum absolute atomic E-state index is 0.243. The highest BCUT2D eigenvalue weighted by molar-refractivity contribution is 7.10. The molecule has 0 radical (unpaired) electrons. The van der Waals surface area contributed by atoms with Crippen molar-refractivity contribution in [2.45, 2.75) is 20.0 Å². The zero-order chi connectivity index (χ0) is 14.4. The molecule has 0 bridgehead atoms. The maximum atomic E-state index is 11.3. The highest BCUT2D eigenvalue weighted by Gasteiger charge is 2.12. The van der Waals surface area contributed by atoms with E-state index in [1.165, 1.54) is 11.5 Å². The van der Waals surface area contributed by atoms with Crippen molar-refractivity contribution in [2.24, 2.45) is 5.73 Å². The normalized spacial score (nSPS) is 10.2. The Morgan fingerprint density at radius 1 is 1.45 bits per heavy atom. The Bertz CT molecular complexity index is 585. The molecule has 0 unspecified atom stereocenters. The number of hydrogen-bond donors (Lipinski definition) is 2. The van der Waals surface area contributed by atoms with Crippen LogP contribution in [0.4, 0.5) is 5.00 Å². The van der Waals surface area contributed by atoms with E-state index in [1.807, 2.05) is 0 Å². The van der Waals surface area contributed by atoms with Crippen molar-refractivity contribution >= 4 is 22.4 Å². The van der Waals surface area contributed by atoms with Gasteiger partial charge in [-0.15, -0.1) is 5.10 Å². The van der Waals surface area contributed by atoms with Crippen LogP contribution >= 0.6 is 11.5 Å². The molecule has 0 saturated carbocycles. The van der Waals surface area contributed by atoms with Crippen LogP contribution in [0.3, 0.4) is 0 Å². The van der Waals surface area contributed by atoms with E-state index in [1.54, 1.807) is 24.3 Å². The summed E-state index contributed by atoms with van der Waals surface area (Å²) in [5.74, 6) is -0.0595. The smallest absolute Gasteiger partial charge is 0.252 e. The molecule has 0 aliphatic rings. The number of carbonyl (C=O) groups excluding carboxylic acids is 1. The predicted octanol–water partition coefficient (Wildman–Crippen LogP) is 2.04. The molecule has 7 heteroatoms. The van der Waals surface area contributed by atoms with Crippen LogP contribution in [-0.4, -0.2) is 22.0 Å². The van der Waals surface area contributed by atoms with Crippen LogP contribution in [0, 0.1) is 0 Å². The molecule has 0 spiro atoms. The molecule has 3 N–H and O–H groups in total. The van der Waals surface area contributed by atoms with E-state index in [2.05, 4.69) is 21.8 Å². The van der Waals surface area contributed by atoms with Gasteiger partial charge in [0.15, 0.2) is 0 Å². The molecule has 1 amide bonds. The number of benzene rings is 1. The van der Waals surface area contributed by atoms with Gasteiger partial charge in [-0.1, -0.05) is 23.5 Å². The van der Waals surface area contributed by atoms with Crippen molar-refractivity contribution in [2.75, 3.05) is 11.9 Å². The average Bonchev–Trinajstić information content (AvgIpc) is 2.90. The number of nitrogens with one attached hydrogen (secondary N) is 1. The first-order valence-corrected chi connectivity index (χ1v) is 7.06. The number of anilines is 1. The minimum Gasteiger partial charge on any atom is -0.486 e. The second kappa shape index (κ2) is 6.85. The lowest BCUT2D eigenvalue weighted by Gasteiger charge is -2.09. The largest absolute Gasteiger partial charge is 0.486 e. The fourth-order valence-corrected chi connectivity index (χ4v) is 2.21. The zero-order valence-electron chi connectivity index (χ0n) is 11.1. The van der Waals surface area contributed by atoms with E-state index >= 15 is 0 Å². The Kier molecular flexibility index (Phi) is 4.89. The van der Waals surface area contributed by atoms with E-state index in [-0.39, 0.29) is 6.61 Å². The van der Waals surface area contributed by atoms with E-state index in [0.29, 0.717) is 11.3 Å². The predicted molar refractivity (Wildman–Crippen MR) is 78.0 cm³/mol. The molecule has 1 aromatic heterocycles. The second-order valence-electron chi connectivity index (χ2n) is 4.12. The summed E-state index contributed by atoms with van der Waals surface area (Å²) in [5.41, 5.74) is 6.39. The van der Waals surface area contributed by atoms with Crippen LogP contribution in [0.2, 0.25) is 0 Å². The molecule has 0 aliphatic carbocycles. The van der Waals surface area contributed by atoms with E-state index in [4.69, 9.17) is 10.5 Å². The molecule has 20 heavy (non-hydrogen) atoms. The second-order valence-corrected chi connectivity index (χ2v) is 4.88. The minimum atomic E-state index is -0.513. The molecule has 6 nitrogen and oxygen atoms in total. The summed E-state index contributed by atoms with van der Waals surface area (Å²) in [6, 6.07) is 6.87. The Balaban J connectivity index is 2.06. The van der Waals surface area contributed by atoms with Gasteiger partial charge in [-0.25, -0.2) is 0 Å². The van der Waals surface area contributed by atoms with Crippen LogP contribution in [-0.2, 0) is 6.61 Å². The molecule has 0 aliphatic heterocycles. The summed E-state index contributed by atoms with van der Waals surface area (Å²) in [4.78, 5) is 11.3. The van der Waals surface area contributed by atoms with E-state index in [0.717, 1.165) is 23.7 Å². The zero-order valence-corrected chi connectivity index (χ0v) is 11.9. The van der Waals surface area contributed by atoms with Crippen molar-refractivity contribution in [3.05, 3.63) is 35.5 Å². The Morgan fingerprint density at radius 2 is 2.25 bits per heavy atom. The summed E-state index contributed by atoms with van der Waals surface area (Å²) < 4.78 is 9.53. The molecule has 2 aromatic rings. The first kappa shape index (κ1) is 14.3. The standard InChI is InChI=1S/C13H16N4O2S/c1-2-7-15-13-10(16-17-20-13)8-19-11-6-4-3-5-9(11)12(14)18/h3-6,15H,2,7-8H2,1H3,(H2,14,18). The molecule has 1 aromatic carbocycles. The fraction of sp³-hybridized carbons (Fsp3) is 0.308. The van der Waals surface area contributed by atoms with E-state index < -0.39 is 5.91 Å². The number of aromatic nitrogens is 2. The lowest BCUT2D eigenvalue weighted by molar-refractivity contribution is 0.0996. The summed E-state index contributed by atoms with van der Waals surface area (Å²) in [6.07, 6.45) is 1.02. The third kappa shape index (κ3) is 3.45. The fourth-order valence-electron chi connectivity index (χ4n) is 1.62. The third-order valence-corrected chi connectivity index (χ3v) is 3.33. The van der Waals surface area contributed by atoms with Gasteiger partial charge < -0.3 is 15.8 Å². The third-order valence-electron chi connectivity index (χ3n) is 2.61. The number of amides is 1. The quantitative estimate of drug-likeness (QED) is 0.815. The van der Waals surface area contributed by atoms with Crippen LogP contribution in [0.25, 0.3) is 0 Å². The van der Waals surface area contributed by atoms with Gasteiger partial charge in [-0.3, -0.25) is 4.79 Å². The van der Waals surface area contributed by atoms with Crippen molar-refractivity contribution in [3.8, 4) is 5.75 Å². The number of nitrogens with two attached hydrogens (primary N) is 1. The molecule has 2 rings (SSSR count). The van der Waals surface area contributed by atoms with Gasteiger partial charge in [0.2, 0.25) is 0 Å². The van der Waals surface area contributed by atoms with Gasteiger partial charge in [-0.2, -0.15) is 0 Å². The molecule has 0 fully saturated rings. The first-order chi connectivity index (χ1) is 9.72. The number of rotatable bonds is 7. The maximum Gasteiger partial charge on any atom is 0.252 e. The number of primary amides is 1. The lowest BCUT2D eigenvalue weighted by Crippen LogP contribution is -2.13. The van der Waals surface area contributed by atoms with Crippen molar-refractivity contribution in [1.82, 2.24) is 9.59 Å². The Morgan fingerprint density at radius 3 is 3.00 bits per heavy atom. The molecule has 1 heterocycles. The van der Waals surface area contributed by atoms with Gasteiger partial charge in [0, 0.05) is 18.1 Å². The van der Waals surface area contributed by atoms with Crippen LogP contribution in [0.1, 0.15) is 29.4 Å². The van der Waals surface area contributed by atoms with Gasteiger partial charge >= 0.3 is 0 Å². The van der Waals surface area contributed by atoms with Crippen molar-refractivity contribution < 1.29 is 9.53 Å². The van der Waals surface area contributed by atoms with Gasteiger partial charge in [0.25, 0.3) is 5.91 Å². The van der Waals surface area contributed by atoms with Crippen LogP contribution < -0.4 is 15.8 Å². The van der Waals surface area contributed by atoms with E-state index in [9.17, 15) is 4.79 Å². The topological polar surface area (TPSA) is 90.1 Å². The van der Waals surface area contributed by atoms with Crippen molar-refractivity contribution in [1.29, 1.82) is 0 Å². The summed E-state index contributed by atoms with van der Waals surface area (Å²) >= 11 is 1.29. The van der Waals surface area contributed by atoms with Gasteiger partial charge in [-0.05, 0) is 18.6 Å². The molecule has 0 atom stereocenters. The highest BCUT2D eigenvalue weighted by atomic mass is 32.1. The molecular weight excluding hydrogens is 276 g/mol.